The number of ketones is 1. The summed E-state index contributed by atoms with van der Waals surface area (Å²) >= 11 is 1.42. The van der Waals surface area contributed by atoms with Crippen molar-refractivity contribution in [2.45, 2.75) is 38.2 Å². The SMILES string of the molecule is CO[C@H]1C[C@@H](C)[C@](NC(=O)c2ccccc2)(C(=O)C(=O)I)O[C@@H]1C. The van der Waals surface area contributed by atoms with Crippen molar-refractivity contribution in [2.24, 2.45) is 5.92 Å². The highest BCUT2D eigenvalue weighted by atomic mass is 127. The molecule has 1 aliphatic heterocycles. The number of rotatable bonds is 5. The summed E-state index contributed by atoms with van der Waals surface area (Å²) in [6.45, 7) is 3.52. The van der Waals surface area contributed by atoms with Crippen LogP contribution in [0.4, 0.5) is 0 Å². The van der Waals surface area contributed by atoms with Gasteiger partial charge in [0.1, 0.15) is 0 Å². The summed E-state index contributed by atoms with van der Waals surface area (Å²) in [5, 5.41) is 2.66. The minimum absolute atomic E-state index is 0.209. The summed E-state index contributed by atoms with van der Waals surface area (Å²) in [6.07, 6.45) is -0.164. The molecule has 1 aromatic carbocycles. The molecule has 2 rings (SSSR count). The van der Waals surface area contributed by atoms with Gasteiger partial charge in [-0.05, 0) is 25.5 Å². The second kappa shape index (κ2) is 7.71. The zero-order chi connectivity index (χ0) is 17.9. The van der Waals surface area contributed by atoms with Crippen LogP contribution in [-0.4, -0.2) is 40.5 Å². The van der Waals surface area contributed by atoms with Crippen molar-refractivity contribution in [3.8, 4) is 0 Å². The lowest BCUT2D eigenvalue weighted by Crippen LogP contribution is -2.67. The quantitative estimate of drug-likeness (QED) is 0.427. The highest BCUT2D eigenvalue weighted by Gasteiger charge is 2.54. The van der Waals surface area contributed by atoms with Crippen molar-refractivity contribution in [1.82, 2.24) is 5.32 Å². The van der Waals surface area contributed by atoms with Crippen LogP contribution in [0.2, 0.25) is 0 Å². The van der Waals surface area contributed by atoms with Crippen LogP contribution >= 0.6 is 22.6 Å². The number of nitrogens with one attached hydrogen (secondary N) is 1. The molecule has 0 bridgehead atoms. The van der Waals surface area contributed by atoms with E-state index in [0.29, 0.717) is 12.0 Å². The topological polar surface area (TPSA) is 81.7 Å². The molecule has 0 spiro atoms. The number of Topliss-reactive ketones (excluding diaryl/α,β-unsaturated/α-hetero) is 1. The molecular weight excluding hydrogens is 425 g/mol. The molecule has 1 heterocycles. The van der Waals surface area contributed by atoms with Crippen LogP contribution < -0.4 is 5.32 Å². The predicted molar refractivity (Wildman–Crippen MR) is 95.8 cm³/mol. The highest BCUT2D eigenvalue weighted by Crippen LogP contribution is 2.35. The third-order valence-electron chi connectivity index (χ3n) is 4.33. The van der Waals surface area contributed by atoms with Gasteiger partial charge < -0.3 is 14.8 Å². The van der Waals surface area contributed by atoms with Crippen molar-refractivity contribution in [3.63, 3.8) is 0 Å². The van der Waals surface area contributed by atoms with Crippen molar-refractivity contribution in [2.75, 3.05) is 7.11 Å². The minimum atomic E-state index is -1.68. The van der Waals surface area contributed by atoms with Crippen LogP contribution in [-0.2, 0) is 19.1 Å². The molecule has 7 heteroatoms. The third-order valence-corrected chi connectivity index (χ3v) is 4.82. The Kier molecular flexibility index (Phi) is 6.11. The summed E-state index contributed by atoms with van der Waals surface area (Å²) in [6, 6.07) is 8.50. The predicted octanol–water partition coefficient (Wildman–Crippen LogP) is 2.10. The third kappa shape index (κ3) is 3.68. The van der Waals surface area contributed by atoms with Gasteiger partial charge in [-0.15, -0.1) is 0 Å². The molecule has 1 N–H and O–H groups in total. The van der Waals surface area contributed by atoms with E-state index in [0.717, 1.165) is 0 Å². The van der Waals surface area contributed by atoms with Gasteiger partial charge >= 0.3 is 0 Å². The van der Waals surface area contributed by atoms with Crippen LogP contribution in [0.15, 0.2) is 30.3 Å². The van der Waals surface area contributed by atoms with Gasteiger partial charge in [-0.2, -0.15) is 0 Å². The molecule has 1 saturated heterocycles. The summed E-state index contributed by atoms with van der Waals surface area (Å²) in [4.78, 5) is 36.9. The number of hydrogen-bond donors (Lipinski definition) is 1. The molecule has 0 aromatic heterocycles. The second-order valence-electron chi connectivity index (χ2n) is 5.89. The molecule has 1 aromatic rings. The first-order valence-corrected chi connectivity index (χ1v) is 8.72. The van der Waals surface area contributed by atoms with Crippen LogP contribution in [0.1, 0.15) is 30.6 Å². The summed E-state index contributed by atoms with van der Waals surface area (Å²) < 4.78 is 10.5. The van der Waals surface area contributed by atoms with E-state index in [1.165, 1.54) is 22.6 Å². The van der Waals surface area contributed by atoms with Crippen LogP contribution in [0.25, 0.3) is 0 Å². The average molecular weight is 445 g/mol. The van der Waals surface area contributed by atoms with E-state index in [1.807, 2.05) is 0 Å². The molecule has 130 valence electrons. The standard InChI is InChI=1S/C17H20INO5/c1-10-9-13(23-3)11(2)24-17(10,14(20)15(18)21)19-16(22)12-7-5-4-6-8-12/h4-8,10-11,13H,9H2,1-3H3,(H,19,22)/t10-,11-,13+,17-/m1/s1. The van der Waals surface area contributed by atoms with Crippen LogP contribution in [0.3, 0.4) is 0 Å². The maximum atomic E-state index is 12.6. The molecule has 24 heavy (non-hydrogen) atoms. The Bertz CT molecular complexity index is 635. The Morgan fingerprint density at radius 1 is 1.25 bits per heavy atom. The number of halogens is 1. The van der Waals surface area contributed by atoms with Gasteiger partial charge in [0, 0.05) is 41.2 Å². The molecule has 1 fully saturated rings. The fraction of sp³-hybridized carbons (Fsp3) is 0.471. The van der Waals surface area contributed by atoms with Gasteiger partial charge in [0.05, 0.1) is 12.2 Å². The maximum absolute atomic E-state index is 12.6. The lowest BCUT2D eigenvalue weighted by atomic mass is 9.83. The van der Waals surface area contributed by atoms with Gasteiger partial charge in [-0.25, -0.2) is 0 Å². The lowest BCUT2D eigenvalue weighted by molar-refractivity contribution is -0.208. The van der Waals surface area contributed by atoms with E-state index in [9.17, 15) is 14.4 Å². The Morgan fingerprint density at radius 3 is 2.42 bits per heavy atom. The van der Waals surface area contributed by atoms with Crippen LogP contribution in [0, 0.1) is 5.92 Å². The van der Waals surface area contributed by atoms with Gasteiger partial charge in [0.25, 0.3) is 15.5 Å². The number of amides is 1. The zero-order valence-corrected chi connectivity index (χ0v) is 15.9. The molecule has 4 atom stereocenters. The van der Waals surface area contributed by atoms with Gasteiger partial charge in [-0.1, -0.05) is 25.1 Å². The fourth-order valence-corrected chi connectivity index (χ4v) is 3.34. The molecule has 0 saturated carbocycles. The van der Waals surface area contributed by atoms with Gasteiger partial charge in [0.2, 0.25) is 5.72 Å². The molecular formula is C17H20INO5. The monoisotopic (exact) mass is 445 g/mol. The van der Waals surface area contributed by atoms with E-state index in [-0.39, 0.29) is 6.10 Å². The first-order valence-electron chi connectivity index (χ1n) is 7.64. The molecule has 0 unspecified atom stereocenters. The van der Waals surface area contributed by atoms with E-state index in [2.05, 4.69) is 5.32 Å². The number of ether oxygens (including phenoxy) is 2. The normalized spacial score (nSPS) is 29.8. The molecule has 6 nitrogen and oxygen atoms in total. The van der Waals surface area contributed by atoms with Crippen molar-refractivity contribution < 1.29 is 23.9 Å². The number of carbonyl (C=O) groups is 3. The molecule has 1 amide bonds. The number of methoxy groups -OCH3 is 1. The number of benzene rings is 1. The summed E-state index contributed by atoms with van der Waals surface area (Å²) in [7, 11) is 1.57. The fourth-order valence-electron chi connectivity index (χ4n) is 2.94. The van der Waals surface area contributed by atoms with E-state index in [4.69, 9.17) is 9.47 Å². The lowest BCUT2D eigenvalue weighted by Gasteiger charge is -2.46. The summed E-state index contributed by atoms with van der Waals surface area (Å²) in [5.74, 6) is -1.64. The van der Waals surface area contributed by atoms with E-state index in [1.54, 1.807) is 51.3 Å². The number of carbonyl (C=O) groups excluding carboxylic acids is 3. The average Bonchev–Trinajstić information content (AvgIpc) is 2.57. The van der Waals surface area contributed by atoms with Gasteiger partial charge in [0.15, 0.2) is 0 Å². The Labute approximate surface area is 154 Å². The molecule has 0 radical (unpaired) electrons. The van der Waals surface area contributed by atoms with E-state index >= 15 is 0 Å². The van der Waals surface area contributed by atoms with Gasteiger partial charge in [-0.3, -0.25) is 14.4 Å². The smallest absolute Gasteiger partial charge is 0.262 e. The molecule has 0 aliphatic carbocycles. The highest BCUT2D eigenvalue weighted by molar-refractivity contribution is 14.1. The molecule has 1 aliphatic rings. The van der Waals surface area contributed by atoms with Crippen molar-refractivity contribution in [1.29, 1.82) is 0 Å². The van der Waals surface area contributed by atoms with E-state index < -0.39 is 33.2 Å². The Balaban J connectivity index is 2.36. The minimum Gasteiger partial charge on any atom is -0.379 e. The summed E-state index contributed by atoms with van der Waals surface area (Å²) in [5.41, 5.74) is -1.29. The Hall–Kier alpha value is -1.32. The first-order chi connectivity index (χ1) is 11.3. The van der Waals surface area contributed by atoms with Crippen molar-refractivity contribution in [3.05, 3.63) is 35.9 Å². The number of hydrogen-bond acceptors (Lipinski definition) is 5. The zero-order valence-electron chi connectivity index (χ0n) is 13.7. The second-order valence-corrected chi connectivity index (χ2v) is 6.87. The van der Waals surface area contributed by atoms with Crippen LogP contribution in [0.5, 0.6) is 0 Å². The van der Waals surface area contributed by atoms with Crippen molar-refractivity contribution >= 4 is 38.1 Å². The maximum Gasteiger partial charge on any atom is 0.262 e. The Morgan fingerprint density at radius 2 is 1.88 bits per heavy atom. The largest absolute Gasteiger partial charge is 0.379 e. The first kappa shape index (κ1) is 19.0.